The molecule has 0 heterocycles. The maximum atomic E-state index is 3.53. The van der Waals surface area contributed by atoms with Gasteiger partial charge in [-0.05, 0) is 63.0 Å². The molecule has 2 heteroatoms. The molecular weight excluding hydrogens is 220 g/mol. The second-order valence-corrected chi connectivity index (χ2v) is 5.14. The Morgan fingerprint density at radius 2 is 1.44 bits per heavy atom. The Labute approximate surface area is 112 Å². The zero-order valence-electron chi connectivity index (χ0n) is 12.4. The molecule has 1 N–H and O–H groups in total. The van der Waals surface area contributed by atoms with Crippen molar-refractivity contribution in [3.63, 3.8) is 0 Å². The number of aryl methyl sites for hydroxylation is 2. The highest BCUT2D eigenvalue weighted by Crippen LogP contribution is 2.13. The lowest BCUT2D eigenvalue weighted by Gasteiger charge is -2.21. The van der Waals surface area contributed by atoms with Crippen molar-refractivity contribution in [2.75, 3.05) is 31.5 Å². The Hall–Kier alpha value is -1.02. The van der Waals surface area contributed by atoms with Gasteiger partial charge in [0.05, 0.1) is 0 Å². The van der Waals surface area contributed by atoms with Crippen LogP contribution in [0.5, 0.6) is 0 Å². The third-order valence-corrected chi connectivity index (χ3v) is 3.06. The van der Waals surface area contributed by atoms with Crippen molar-refractivity contribution in [3.8, 4) is 0 Å². The first-order chi connectivity index (χ1) is 8.65. The van der Waals surface area contributed by atoms with Crippen LogP contribution < -0.4 is 5.32 Å². The maximum absolute atomic E-state index is 3.53. The predicted molar refractivity (Wildman–Crippen MR) is 81.4 cm³/mol. The Bertz CT molecular complexity index is 321. The number of nitrogens with zero attached hydrogens (tertiary/aromatic N) is 1. The summed E-state index contributed by atoms with van der Waals surface area (Å²) in [7, 11) is 0. The summed E-state index contributed by atoms with van der Waals surface area (Å²) >= 11 is 0. The van der Waals surface area contributed by atoms with Crippen LogP contribution in [0.3, 0.4) is 0 Å². The third kappa shape index (κ3) is 5.54. The van der Waals surface area contributed by atoms with Gasteiger partial charge in [-0.1, -0.05) is 19.9 Å². The van der Waals surface area contributed by atoms with Gasteiger partial charge in [-0.25, -0.2) is 0 Å². The van der Waals surface area contributed by atoms with Crippen molar-refractivity contribution >= 4 is 5.69 Å². The Kier molecular flexibility index (Phi) is 6.81. The van der Waals surface area contributed by atoms with Gasteiger partial charge >= 0.3 is 0 Å². The van der Waals surface area contributed by atoms with Crippen LogP contribution in [0.4, 0.5) is 5.69 Å². The number of benzene rings is 1. The first-order valence-electron chi connectivity index (χ1n) is 7.20. The molecule has 0 aliphatic rings. The SMILES string of the molecule is CCCN(CCC)CCNc1cc(C)cc(C)c1. The lowest BCUT2D eigenvalue weighted by molar-refractivity contribution is 0.285. The summed E-state index contributed by atoms with van der Waals surface area (Å²) in [5.41, 5.74) is 3.91. The van der Waals surface area contributed by atoms with E-state index in [4.69, 9.17) is 0 Å². The lowest BCUT2D eigenvalue weighted by atomic mass is 10.1. The standard InChI is InChI=1S/C16H28N2/c1-5-8-18(9-6-2)10-7-17-16-12-14(3)11-15(4)13-16/h11-13,17H,5-10H2,1-4H3. The maximum Gasteiger partial charge on any atom is 0.0345 e. The van der Waals surface area contributed by atoms with Crippen LogP contribution in [0.15, 0.2) is 18.2 Å². The molecule has 0 aliphatic carbocycles. The van der Waals surface area contributed by atoms with E-state index in [9.17, 15) is 0 Å². The van der Waals surface area contributed by atoms with E-state index in [1.54, 1.807) is 0 Å². The van der Waals surface area contributed by atoms with E-state index in [0.29, 0.717) is 0 Å². The van der Waals surface area contributed by atoms with Crippen molar-refractivity contribution in [3.05, 3.63) is 29.3 Å². The van der Waals surface area contributed by atoms with Crippen LogP contribution in [0.25, 0.3) is 0 Å². The largest absolute Gasteiger partial charge is 0.384 e. The molecule has 0 unspecified atom stereocenters. The third-order valence-electron chi connectivity index (χ3n) is 3.06. The van der Waals surface area contributed by atoms with Gasteiger partial charge in [0.1, 0.15) is 0 Å². The minimum atomic E-state index is 1.03. The fraction of sp³-hybridized carbons (Fsp3) is 0.625. The first kappa shape index (κ1) is 15.0. The summed E-state index contributed by atoms with van der Waals surface area (Å²) in [6.45, 7) is 13.4. The van der Waals surface area contributed by atoms with Crippen molar-refractivity contribution in [2.45, 2.75) is 40.5 Å². The first-order valence-corrected chi connectivity index (χ1v) is 7.20. The smallest absolute Gasteiger partial charge is 0.0345 e. The minimum Gasteiger partial charge on any atom is -0.384 e. The average Bonchev–Trinajstić information content (AvgIpc) is 2.28. The van der Waals surface area contributed by atoms with Crippen LogP contribution in [-0.4, -0.2) is 31.1 Å². The van der Waals surface area contributed by atoms with E-state index < -0.39 is 0 Å². The van der Waals surface area contributed by atoms with Gasteiger partial charge in [-0.3, -0.25) is 0 Å². The molecule has 0 aromatic heterocycles. The molecule has 0 saturated carbocycles. The van der Waals surface area contributed by atoms with E-state index in [1.807, 2.05) is 0 Å². The molecule has 102 valence electrons. The van der Waals surface area contributed by atoms with Crippen LogP contribution in [0.2, 0.25) is 0 Å². The van der Waals surface area contributed by atoms with Gasteiger partial charge in [-0.15, -0.1) is 0 Å². The quantitative estimate of drug-likeness (QED) is 0.752. The zero-order chi connectivity index (χ0) is 13.4. The van der Waals surface area contributed by atoms with E-state index >= 15 is 0 Å². The van der Waals surface area contributed by atoms with Crippen molar-refractivity contribution in [2.24, 2.45) is 0 Å². The van der Waals surface area contributed by atoms with Crippen LogP contribution >= 0.6 is 0 Å². The predicted octanol–water partition coefficient (Wildman–Crippen LogP) is 3.84. The zero-order valence-corrected chi connectivity index (χ0v) is 12.4. The molecule has 18 heavy (non-hydrogen) atoms. The van der Waals surface area contributed by atoms with Crippen LogP contribution in [-0.2, 0) is 0 Å². The molecule has 0 aliphatic heterocycles. The van der Waals surface area contributed by atoms with Gasteiger partial charge in [-0.2, -0.15) is 0 Å². The van der Waals surface area contributed by atoms with Crippen LogP contribution in [0, 0.1) is 13.8 Å². The van der Waals surface area contributed by atoms with Gasteiger partial charge in [0, 0.05) is 18.8 Å². The van der Waals surface area contributed by atoms with E-state index in [1.165, 1.54) is 42.7 Å². The molecular formula is C16H28N2. The minimum absolute atomic E-state index is 1.03. The highest BCUT2D eigenvalue weighted by molar-refractivity contribution is 5.48. The number of rotatable bonds is 8. The fourth-order valence-electron chi connectivity index (χ4n) is 2.40. The number of hydrogen-bond donors (Lipinski definition) is 1. The second kappa shape index (κ2) is 8.15. The van der Waals surface area contributed by atoms with Crippen LogP contribution in [0.1, 0.15) is 37.8 Å². The lowest BCUT2D eigenvalue weighted by Crippen LogP contribution is -2.30. The number of anilines is 1. The Balaban J connectivity index is 2.39. The summed E-state index contributed by atoms with van der Waals surface area (Å²) in [5, 5.41) is 3.53. The normalized spacial score (nSPS) is 10.9. The molecule has 0 saturated heterocycles. The monoisotopic (exact) mass is 248 g/mol. The summed E-state index contributed by atoms with van der Waals surface area (Å²) in [5.74, 6) is 0. The molecule has 1 aromatic carbocycles. The molecule has 2 nitrogen and oxygen atoms in total. The van der Waals surface area contributed by atoms with E-state index in [2.05, 4.69) is 56.1 Å². The van der Waals surface area contributed by atoms with Gasteiger partial charge < -0.3 is 10.2 Å². The molecule has 0 bridgehead atoms. The van der Waals surface area contributed by atoms with Gasteiger partial charge in [0.25, 0.3) is 0 Å². The number of nitrogens with one attached hydrogen (secondary N) is 1. The summed E-state index contributed by atoms with van der Waals surface area (Å²) in [6.07, 6.45) is 2.48. The molecule has 0 fully saturated rings. The summed E-state index contributed by atoms with van der Waals surface area (Å²) in [4.78, 5) is 2.54. The van der Waals surface area contributed by atoms with Crippen molar-refractivity contribution in [1.29, 1.82) is 0 Å². The summed E-state index contributed by atoms with van der Waals surface area (Å²) in [6, 6.07) is 6.65. The molecule has 1 aromatic rings. The number of hydrogen-bond acceptors (Lipinski definition) is 2. The van der Waals surface area contributed by atoms with E-state index in [0.717, 1.165) is 13.1 Å². The molecule has 0 spiro atoms. The molecule has 0 atom stereocenters. The highest BCUT2D eigenvalue weighted by Gasteiger charge is 2.02. The molecule has 0 amide bonds. The fourth-order valence-corrected chi connectivity index (χ4v) is 2.40. The molecule has 0 radical (unpaired) electrons. The molecule has 1 rings (SSSR count). The van der Waals surface area contributed by atoms with Gasteiger partial charge in [0.2, 0.25) is 0 Å². The Morgan fingerprint density at radius 3 is 1.94 bits per heavy atom. The second-order valence-electron chi connectivity index (χ2n) is 5.14. The average molecular weight is 248 g/mol. The summed E-state index contributed by atoms with van der Waals surface area (Å²) < 4.78 is 0. The van der Waals surface area contributed by atoms with Gasteiger partial charge in [0.15, 0.2) is 0 Å². The van der Waals surface area contributed by atoms with E-state index in [-0.39, 0.29) is 0 Å². The van der Waals surface area contributed by atoms with Crippen molar-refractivity contribution < 1.29 is 0 Å². The Morgan fingerprint density at radius 1 is 0.889 bits per heavy atom. The topological polar surface area (TPSA) is 15.3 Å². The highest BCUT2D eigenvalue weighted by atomic mass is 15.1. The van der Waals surface area contributed by atoms with Crippen molar-refractivity contribution in [1.82, 2.24) is 4.90 Å².